The summed E-state index contributed by atoms with van der Waals surface area (Å²) in [5.74, 6) is -0.758. The maximum atomic E-state index is 12.0. The van der Waals surface area contributed by atoms with Crippen LogP contribution in [-0.4, -0.2) is 19.9 Å². The van der Waals surface area contributed by atoms with Crippen LogP contribution < -0.4 is 16.2 Å². The first kappa shape index (κ1) is 14.5. The van der Waals surface area contributed by atoms with Crippen molar-refractivity contribution < 1.29 is 13.2 Å². The van der Waals surface area contributed by atoms with Crippen molar-refractivity contribution in [2.45, 2.75) is 31.2 Å². The van der Waals surface area contributed by atoms with Crippen LogP contribution in [0, 0.1) is 6.92 Å². The molecule has 5 N–H and O–H groups in total. The van der Waals surface area contributed by atoms with Gasteiger partial charge in [0.1, 0.15) is 5.54 Å². The molecule has 6 nitrogen and oxygen atoms in total. The summed E-state index contributed by atoms with van der Waals surface area (Å²) in [4.78, 5) is 11.1. The number of amides is 1. The number of carbonyl (C=O) groups excluding carboxylic acids is 1. The number of hydrogen-bond acceptors (Lipinski definition) is 4. The lowest BCUT2D eigenvalue weighted by atomic mass is 10.1. The summed E-state index contributed by atoms with van der Waals surface area (Å²) >= 11 is 0. The normalized spacial score (nSPS) is 12.4. The van der Waals surface area contributed by atoms with Gasteiger partial charge in [0, 0.05) is 5.69 Å². The van der Waals surface area contributed by atoms with Crippen LogP contribution in [0.2, 0.25) is 0 Å². The van der Waals surface area contributed by atoms with Crippen molar-refractivity contribution in [3.63, 3.8) is 0 Å². The van der Waals surface area contributed by atoms with E-state index < -0.39 is 21.5 Å². The molecule has 0 spiro atoms. The van der Waals surface area contributed by atoms with Crippen molar-refractivity contribution >= 4 is 21.6 Å². The van der Waals surface area contributed by atoms with Gasteiger partial charge in [0.25, 0.3) is 0 Å². The van der Waals surface area contributed by atoms with Gasteiger partial charge in [0.15, 0.2) is 0 Å². The summed E-state index contributed by atoms with van der Waals surface area (Å²) < 4.78 is 26.3. The minimum Gasteiger partial charge on any atom is -0.398 e. The second-order valence-electron chi connectivity index (χ2n) is 4.61. The zero-order valence-corrected chi connectivity index (χ0v) is 11.3. The van der Waals surface area contributed by atoms with E-state index in [1.54, 1.807) is 13.0 Å². The topological polar surface area (TPSA) is 115 Å². The summed E-state index contributed by atoms with van der Waals surface area (Å²) in [6.45, 7) is 4.56. The van der Waals surface area contributed by atoms with Gasteiger partial charge in [-0.3, -0.25) is 4.79 Å². The summed E-state index contributed by atoms with van der Waals surface area (Å²) in [5, 5.41) is 0. The zero-order chi connectivity index (χ0) is 14.1. The van der Waals surface area contributed by atoms with E-state index in [0.29, 0.717) is 5.69 Å². The lowest BCUT2D eigenvalue weighted by Gasteiger charge is -2.22. The average Bonchev–Trinajstić information content (AvgIpc) is 2.20. The highest BCUT2D eigenvalue weighted by atomic mass is 32.2. The lowest BCUT2D eigenvalue weighted by molar-refractivity contribution is -0.122. The Morgan fingerprint density at radius 2 is 1.89 bits per heavy atom. The average molecular weight is 271 g/mol. The van der Waals surface area contributed by atoms with Gasteiger partial charge in [0.05, 0.1) is 4.90 Å². The molecular formula is C11H17N3O3S. The lowest BCUT2D eigenvalue weighted by Crippen LogP contribution is -2.52. The Bertz CT molecular complexity index is 579. The van der Waals surface area contributed by atoms with Crippen LogP contribution in [0.1, 0.15) is 19.4 Å². The molecular weight excluding hydrogens is 254 g/mol. The molecule has 0 aliphatic heterocycles. The summed E-state index contributed by atoms with van der Waals surface area (Å²) in [7, 11) is -3.83. The molecule has 1 aromatic carbocycles. The molecule has 18 heavy (non-hydrogen) atoms. The number of sulfonamides is 1. The molecule has 0 aromatic heterocycles. The quantitative estimate of drug-likeness (QED) is 0.674. The number of nitrogens with two attached hydrogens (primary N) is 2. The Morgan fingerprint density at radius 3 is 2.33 bits per heavy atom. The standard InChI is InChI=1S/C11H17N3O3S/c1-7-4-5-8(6-9(7)12)18(16,17)14-11(2,3)10(13)15/h4-6,14H,12H2,1-3H3,(H2,13,15). The van der Waals surface area contributed by atoms with Crippen LogP contribution >= 0.6 is 0 Å². The van der Waals surface area contributed by atoms with Gasteiger partial charge in [-0.05, 0) is 38.5 Å². The fraction of sp³-hybridized carbons (Fsp3) is 0.364. The highest BCUT2D eigenvalue weighted by Gasteiger charge is 2.31. The van der Waals surface area contributed by atoms with E-state index in [4.69, 9.17) is 11.5 Å². The number of carbonyl (C=O) groups is 1. The molecule has 0 atom stereocenters. The fourth-order valence-corrected chi connectivity index (χ4v) is 2.65. The monoisotopic (exact) mass is 271 g/mol. The smallest absolute Gasteiger partial charge is 0.241 e. The summed E-state index contributed by atoms with van der Waals surface area (Å²) in [5.41, 5.74) is 10.6. The van der Waals surface area contributed by atoms with Gasteiger partial charge in [-0.25, -0.2) is 8.42 Å². The van der Waals surface area contributed by atoms with Crippen molar-refractivity contribution in [3.05, 3.63) is 23.8 Å². The van der Waals surface area contributed by atoms with Gasteiger partial charge < -0.3 is 11.5 Å². The minimum atomic E-state index is -3.83. The Morgan fingerprint density at radius 1 is 1.33 bits per heavy atom. The fourth-order valence-electron chi connectivity index (χ4n) is 1.23. The zero-order valence-electron chi connectivity index (χ0n) is 10.5. The van der Waals surface area contributed by atoms with Gasteiger partial charge in [0.2, 0.25) is 15.9 Å². The first-order valence-corrected chi connectivity index (χ1v) is 6.74. The number of rotatable bonds is 4. The molecule has 7 heteroatoms. The predicted molar refractivity (Wildman–Crippen MR) is 69.2 cm³/mol. The Hall–Kier alpha value is -1.60. The van der Waals surface area contributed by atoms with E-state index in [1.165, 1.54) is 26.0 Å². The molecule has 0 aliphatic carbocycles. The van der Waals surface area contributed by atoms with E-state index in [-0.39, 0.29) is 4.90 Å². The Labute approximate surface area is 106 Å². The maximum Gasteiger partial charge on any atom is 0.241 e. The molecule has 1 rings (SSSR count). The van der Waals surface area contributed by atoms with Crippen LogP contribution in [0.3, 0.4) is 0 Å². The van der Waals surface area contributed by atoms with Crippen LogP contribution in [0.25, 0.3) is 0 Å². The Kier molecular flexibility index (Phi) is 3.68. The molecule has 1 aromatic rings. The molecule has 0 saturated carbocycles. The number of benzene rings is 1. The van der Waals surface area contributed by atoms with Gasteiger partial charge in [-0.2, -0.15) is 4.72 Å². The number of anilines is 1. The minimum absolute atomic E-state index is 0.0000694. The van der Waals surface area contributed by atoms with Crippen molar-refractivity contribution in [3.8, 4) is 0 Å². The van der Waals surface area contributed by atoms with E-state index in [1.807, 2.05) is 0 Å². The largest absolute Gasteiger partial charge is 0.398 e. The first-order chi connectivity index (χ1) is 8.06. The number of aryl methyl sites for hydroxylation is 1. The van der Waals surface area contributed by atoms with Crippen LogP contribution in [0.5, 0.6) is 0 Å². The number of hydrogen-bond donors (Lipinski definition) is 3. The second kappa shape index (κ2) is 4.58. The van der Waals surface area contributed by atoms with Crippen molar-refractivity contribution in [1.82, 2.24) is 4.72 Å². The highest BCUT2D eigenvalue weighted by molar-refractivity contribution is 7.89. The third kappa shape index (κ3) is 2.99. The van der Waals surface area contributed by atoms with Crippen molar-refractivity contribution in [1.29, 1.82) is 0 Å². The molecule has 0 fully saturated rings. The summed E-state index contributed by atoms with van der Waals surface area (Å²) in [6, 6.07) is 4.36. The van der Waals surface area contributed by atoms with Crippen LogP contribution in [-0.2, 0) is 14.8 Å². The van der Waals surface area contributed by atoms with Crippen LogP contribution in [0.4, 0.5) is 5.69 Å². The molecule has 0 unspecified atom stereocenters. The second-order valence-corrected chi connectivity index (χ2v) is 6.30. The molecule has 0 radical (unpaired) electrons. The molecule has 0 heterocycles. The van der Waals surface area contributed by atoms with Gasteiger partial charge >= 0.3 is 0 Å². The van der Waals surface area contributed by atoms with E-state index in [2.05, 4.69) is 4.72 Å². The number of primary amides is 1. The molecule has 1 amide bonds. The van der Waals surface area contributed by atoms with Crippen LogP contribution in [0.15, 0.2) is 23.1 Å². The predicted octanol–water partition coefficient (Wildman–Crippen LogP) is 0.119. The molecule has 0 bridgehead atoms. The maximum absolute atomic E-state index is 12.0. The number of nitrogen functional groups attached to an aromatic ring is 1. The first-order valence-electron chi connectivity index (χ1n) is 5.26. The highest BCUT2D eigenvalue weighted by Crippen LogP contribution is 2.18. The van der Waals surface area contributed by atoms with E-state index in [0.717, 1.165) is 5.56 Å². The van der Waals surface area contributed by atoms with E-state index in [9.17, 15) is 13.2 Å². The van der Waals surface area contributed by atoms with Crippen molar-refractivity contribution in [2.24, 2.45) is 5.73 Å². The third-order valence-electron chi connectivity index (χ3n) is 2.57. The van der Waals surface area contributed by atoms with E-state index >= 15 is 0 Å². The SMILES string of the molecule is Cc1ccc(S(=O)(=O)NC(C)(C)C(N)=O)cc1N. The Balaban J connectivity index is 3.15. The molecule has 0 aliphatic rings. The van der Waals surface area contributed by atoms with Gasteiger partial charge in [-0.1, -0.05) is 6.07 Å². The van der Waals surface area contributed by atoms with Crippen molar-refractivity contribution in [2.75, 3.05) is 5.73 Å². The third-order valence-corrected chi connectivity index (χ3v) is 4.22. The summed E-state index contributed by atoms with van der Waals surface area (Å²) in [6.07, 6.45) is 0. The molecule has 0 saturated heterocycles. The number of nitrogens with one attached hydrogen (secondary N) is 1. The molecule has 100 valence electrons. The van der Waals surface area contributed by atoms with Gasteiger partial charge in [-0.15, -0.1) is 0 Å².